The largest absolute Gasteiger partial charge is 0.334 e. The van der Waals surface area contributed by atoms with Gasteiger partial charge in [0.25, 0.3) is 5.91 Å². The van der Waals surface area contributed by atoms with Crippen molar-refractivity contribution in [1.82, 2.24) is 21.2 Å². The molecule has 23 heavy (non-hydrogen) atoms. The highest BCUT2D eigenvalue weighted by Crippen LogP contribution is 2.27. The fraction of sp³-hybridized carbons (Fsp3) is 0.200. The first-order valence-corrected chi connectivity index (χ1v) is 7.74. The van der Waals surface area contributed by atoms with Crippen molar-refractivity contribution in [3.63, 3.8) is 0 Å². The molecule has 1 saturated heterocycles. The van der Waals surface area contributed by atoms with Crippen LogP contribution in [0.3, 0.4) is 0 Å². The molecule has 1 aromatic carbocycles. The summed E-state index contributed by atoms with van der Waals surface area (Å²) in [6.45, 7) is 0. The van der Waals surface area contributed by atoms with E-state index in [2.05, 4.69) is 21.2 Å². The lowest BCUT2D eigenvalue weighted by Gasteiger charge is -2.12. The number of carbonyl (C=O) groups is 1. The number of pyridine rings is 1. The van der Waals surface area contributed by atoms with Gasteiger partial charge < -0.3 is 10.3 Å². The van der Waals surface area contributed by atoms with Crippen LogP contribution in [0.25, 0.3) is 0 Å². The van der Waals surface area contributed by atoms with E-state index in [1.54, 1.807) is 12.1 Å². The average molecular weight is 353 g/mol. The average Bonchev–Trinajstić information content (AvgIpc) is 2.95. The van der Waals surface area contributed by atoms with Crippen molar-refractivity contribution in [2.45, 2.75) is 18.6 Å². The minimum atomic E-state index is -0.355. The number of halogens is 2. The summed E-state index contributed by atoms with van der Waals surface area (Å²) < 4.78 is 0. The van der Waals surface area contributed by atoms with E-state index in [0.29, 0.717) is 16.5 Å². The van der Waals surface area contributed by atoms with Gasteiger partial charge in [0.05, 0.1) is 6.17 Å². The monoisotopic (exact) mass is 352 g/mol. The number of benzene rings is 1. The molecule has 1 amide bonds. The maximum Gasteiger partial charge on any atom is 0.269 e. The van der Waals surface area contributed by atoms with Crippen LogP contribution in [0.1, 0.15) is 28.5 Å². The second-order valence-electron chi connectivity index (χ2n) is 5.23. The number of rotatable bonds is 3. The van der Waals surface area contributed by atoms with Crippen LogP contribution in [0.15, 0.2) is 41.2 Å². The molecule has 6 nitrogen and oxygen atoms in total. The van der Waals surface area contributed by atoms with Gasteiger partial charge in [0.1, 0.15) is 5.69 Å². The molecule has 1 aliphatic rings. The van der Waals surface area contributed by atoms with Crippen molar-refractivity contribution < 1.29 is 4.79 Å². The van der Waals surface area contributed by atoms with Crippen LogP contribution >= 0.6 is 23.2 Å². The van der Waals surface area contributed by atoms with Gasteiger partial charge in [-0.05, 0) is 29.8 Å². The summed E-state index contributed by atoms with van der Waals surface area (Å²) in [5.41, 5.74) is 6.92. The SMILES string of the molecule is O=C(NC1CC(c2cc(Cl)cc(Cl)c2)NN1)c1cccc(=O)[nH]1. The van der Waals surface area contributed by atoms with Gasteiger partial charge in [-0.2, -0.15) is 0 Å². The molecule has 1 aromatic heterocycles. The van der Waals surface area contributed by atoms with Crippen molar-refractivity contribution in [1.29, 1.82) is 0 Å². The van der Waals surface area contributed by atoms with E-state index in [1.165, 1.54) is 12.1 Å². The van der Waals surface area contributed by atoms with Gasteiger partial charge in [0, 0.05) is 28.6 Å². The number of aromatic amines is 1. The van der Waals surface area contributed by atoms with Crippen LogP contribution in [0.4, 0.5) is 0 Å². The molecule has 0 aliphatic carbocycles. The third-order valence-electron chi connectivity index (χ3n) is 3.51. The van der Waals surface area contributed by atoms with Gasteiger partial charge in [0.15, 0.2) is 0 Å². The minimum Gasteiger partial charge on any atom is -0.334 e. The van der Waals surface area contributed by atoms with Gasteiger partial charge in [0.2, 0.25) is 5.56 Å². The first-order chi connectivity index (χ1) is 11.0. The van der Waals surface area contributed by atoms with Crippen LogP contribution in [-0.2, 0) is 0 Å². The number of H-pyrrole nitrogens is 1. The molecule has 0 bridgehead atoms. The Morgan fingerprint density at radius 1 is 1.13 bits per heavy atom. The predicted molar refractivity (Wildman–Crippen MR) is 88.4 cm³/mol. The first kappa shape index (κ1) is 16.0. The second kappa shape index (κ2) is 6.72. The van der Waals surface area contributed by atoms with Gasteiger partial charge in [-0.25, -0.2) is 10.9 Å². The Morgan fingerprint density at radius 3 is 2.57 bits per heavy atom. The highest BCUT2D eigenvalue weighted by Gasteiger charge is 2.27. The van der Waals surface area contributed by atoms with Crippen LogP contribution in [0.2, 0.25) is 10.0 Å². The predicted octanol–water partition coefficient (Wildman–Crippen LogP) is 1.98. The molecule has 4 N–H and O–H groups in total. The molecule has 1 fully saturated rings. The van der Waals surface area contributed by atoms with Crippen molar-refractivity contribution in [3.05, 3.63) is 68.1 Å². The molecule has 0 radical (unpaired) electrons. The van der Waals surface area contributed by atoms with Gasteiger partial charge in [-0.1, -0.05) is 29.3 Å². The van der Waals surface area contributed by atoms with E-state index in [4.69, 9.17) is 23.2 Å². The third kappa shape index (κ3) is 3.92. The summed E-state index contributed by atoms with van der Waals surface area (Å²) >= 11 is 12.0. The molecule has 0 saturated carbocycles. The number of hydrogen-bond donors (Lipinski definition) is 4. The molecule has 2 atom stereocenters. The van der Waals surface area contributed by atoms with E-state index in [0.717, 1.165) is 5.56 Å². The number of hydrogen-bond acceptors (Lipinski definition) is 4. The molecule has 2 unspecified atom stereocenters. The lowest BCUT2D eigenvalue weighted by molar-refractivity contribution is 0.0927. The van der Waals surface area contributed by atoms with E-state index >= 15 is 0 Å². The van der Waals surface area contributed by atoms with E-state index in [1.807, 2.05) is 12.1 Å². The number of nitrogens with one attached hydrogen (secondary N) is 4. The Balaban J connectivity index is 1.66. The van der Waals surface area contributed by atoms with Gasteiger partial charge in [-0.3, -0.25) is 9.59 Å². The number of carbonyl (C=O) groups excluding carboxylic acids is 1. The van der Waals surface area contributed by atoms with E-state index < -0.39 is 0 Å². The summed E-state index contributed by atoms with van der Waals surface area (Å²) in [5.74, 6) is -0.355. The zero-order valence-corrected chi connectivity index (χ0v) is 13.4. The maximum absolute atomic E-state index is 12.1. The number of aromatic nitrogens is 1. The summed E-state index contributed by atoms with van der Waals surface area (Å²) in [7, 11) is 0. The molecule has 3 rings (SSSR count). The Bertz CT molecular complexity index is 773. The molecule has 1 aliphatic heterocycles. The number of amides is 1. The Hall–Kier alpha value is -1.86. The fourth-order valence-corrected chi connectivity index (χ4v) is 3.00. The van der Waals surface area contributed by atoms with Crippen molar-refractivity contribution in [2.24, 2.45) is 0 Å². The molecule has 120 valence electrons. The molecule has 2 aromatic rings. The molecule has 2 heterocycles. The third-order valence-corrected chi connectivity index (χ3v) is 3.95. The Kier molecular flexibility index (Phi) is 4.68. The zero-order valence-electron chi connectivity index (χ0n) is 11.9. The van der Waals surface area contributed by atoms with Crippen LogP contribution in [0.5, 0.6) is 0 Å². The van der Waals surface area contributed by atoms with Crippen molar-refractivity contribution in [3.8, 4) is 0 Å². The summed E-state index contributed by atoms with van der Waals surface area (Å²) in [6.07, 6.45) is 0.327. The summed E-state index contributed by atoms with van der Waals surface area (Å²) in [5, 5.41) is 3.92. The normalized spacial score (nSPS) is 20.4. The molecule has 0 spiro atoms. The van der Waals surface area contributed by atoms with E-state index in [-0.39, 0.29) is 29.4 Å². The molecular formula is C15H14Cl2N4O2. The van der Waals surface area contributed by atoms with Crippen molar-refractivity contribution >= 4 is 29.1 Å². The number of hydrazine groups is 1. The highest BCUT2D eigenvalue weighted by atomic mass is 35.5. The smallest absolute Gasteiger partial charge is 0.269 e. The topological polar surface area (TPSA) is 86.0 Å². The lowest BCUT2D eigenvalue weighted by Crippen LogP contribution is -2.44. The zero-order chi connectivity index (χ0) is 16.4. The van der Waals surface area contributed by atoms with Gasteiger partial charge in [-0.15, -0.1) is 0 Å². The van der Waals surface area contributed by atoms with Crippen LogP contribution in [0, 0.1) is 0 Å². The van der Waals surface area contributed by atoms with Gasteiger partial charge >= 0.3 is 0 Å². The minimum absolute atomic E-state index is 0.0358. The van der Waals surface area contributed by atoms with Crippen molar-refractivity contribution in [2.75, 3.05) is 0 Å². The highest BCUT2D eigenvalue weighted by molar-refractivity contribution is 6.34. The summed E-state index contributed by atoms with van der Waals surface area (Å²) in [4.78, 5) is 25.8. The maximum atomic E-state index is 12.1. The summed E-state index contributed by atoms with van der Waals surface area (Å²) in [6, 6.07) is 9.71. The Morgan fingerprint density at radius 2 is 1.87 bits per heavy atom. The quantitative estimate of drug-likeness (QED) is 0.680. The van der Waals surface area contributed by atoms with Crippen LogP contribution in [-0.4, -0.2) is 17.1 Å². The standard InChI is InChI=1S/C15H14Cl2N4O2/c16-9-4-8(5-10(17)6-9)12-7-13(21-20-12)19-15(23)11-2-1-3-14(22)18-11/h1-6,12-13,20-21H,7H2,(H,18,22)(H,19,23). The first-order valence-electron chi connectivity index (χ1n) is 6.98. The van der Waals surface area contributed by atoms with Crippen LogP contribution < -0.4 is 21.7 Å². The second-order valence-corrected chi connectivity index (χ2v) is 6.11. The molecular weight excluding hydrogens is 339 g/mol. The Labute approximate surface area is 142 Å². The van der Waals surface area contributed by atoms with E-state index in [9.17, 15) is 9.59 Å². The lowest BCUT2D eigenvalue weighted by atomic mass is 10.0. The fourth-order valence-electron chi connectivity index (χ4n) is 2.46. The molecule has 8 heteroatoms.